The summed E-state index contributed by atoms with van der Waals surface area (Å²) in [5.41, 5.74) is 2.06. The van der Waals surface area contributed by atoms with Crippen molar-refractivity contribution < 1.29 is 85.1 Å². The molecule has 0 atom stereocenters. The number of unbranched alkanes of at least 4 members (excludes halogenated alkanes) is 2. The first-order valence-corrected chi connectivity index (χ1v) is 14.8. The van der Waals surface area contributed by atoms with Crippen LogP contribution in [0.3, 0.4) is 0 Å². The van der Waals surface area contributed by atoms with Crippen LogP contribution in [0.5, 0.6) is 0 Å². The van der Waals surface area contributed by atoms with E-state index in [1.54, 1.807) is 24.3 Å². The van der Waals surface area contributed by atoms with E-state index in [2.05, 4.69) is 0 Å². The minimum Gasteiger partial charge on any atom is -0.744 e. The van der Waals surface area contributed by atoms with Crippen molar-refractivity contribution in [1.82, 2.24) is 0 Å². The quantitative estimate of drug-likeness (QED) is 0.128. The van der Waals surface area contributed by atoms with Crippen molar-refractivity contribution in [2.75, 3.05) is 11.5 Å². The van der Waals surface area contributed by atoms with Gasteiger partial charge < -0.3 is 9.11 Å². The van der Waals surface area contributed by atoms with Crippen LogP contribution in [0.2, 0.25) is 0 Å². The van der Waals surface area contributed by atoms with Gasteiger partial charge in [0, 0.05) is 11.5 Å². The second-order valence-electron chi connectivity index (χ2n) is 6.75. The summed E-state index contributed by atoms with van der Waals surface area (Å²) in [6, 6.07) is 12.2. The van der Waals surface area contributed by atoms with Crippen molar-refractivity contribution in [3.63, 3.8) is 0 Å². The van der Waals surface area contributed by atoms with Gasteiger partial charge in [-0.2, -0.15) is 0 Å². The van der Waals surface area contributed by atoms with Gasteiger partial charge in [-0.05, 0) is 73.9 Å². The van der Waals surface area contributed by atoms with Crippen LogP contribution in [0, 0.1) is 0 Å². The van der Waals surface area contributed by atoms with Gasteiger partial charge in [-0.15, -0.1) is 0 Å². The number of rotatable bonds is 13. The molecule has 166 valence electrons. The van der Waals surface area contributed by atoms with E-state index < -0.39 is 20.2 Å². The molecule has 0 spiro atoms. The summed E-state index contributed by atoms with van der Waals surface area (Å²) < 4.78 is 65.4. The smallest absolute Gasteiger partial charge is 0.744 e. The van der Waals surface area contributed by atoms with Gasteiger partial charge in [-0.1, -0.05) is 45.9 Å². The van der Waals surface area contributed by atoms with Gasteiger partial charge in [-0.25, -0.2) is 16.8 Å². The summed E-state index contributed by atoms with van der Waals surface area (Å²) in [4.78, 5) is -0.378. The van der Waals surface area contributed by atoms with Crippen molar-refractivity contribution >= 4 is 41.8 Å². The molecule has 0 aliphatic rings. The summed E-state index contributed by atoms with van der Waals surface area (Å²) in [6.45, 7) is 0. The van der Waals surface area contributed by atoms with Crippen molar-refractivity contribution in [2.45, 2.75) is 48.3 Å². The van der Waals surface area contributed by atoms with Crippen LogP contribution in [0.4, 0.5) is 0 Å². The molecule has 0 fully saturated rings. The molecule has 0 saturated heterocycles. The van der Waals surface area contributed by atoms with Crippen molar-refractivity contribution in [2.24, 2.45) is 0 Å². The average molecular weight is 535 g/mol. The maximum Gasteiger partial charge on any atom is 1.00 e. The first-order valence-electron chi connectivity index (χ1n) is 9.50. The van der Waals surface area contributed by atoms with Crippen LogP contribution in [-0.4, -0.2) is 37.4 Å². The number of aryl methyl sites for hydroxylation is 2. The second-order valence-corrected chi connectivity index (χ2v) is 12.2. The molecule has 0 aliphatic heterocycles. The third-order valence-electron chi connectivity index (χ3n) is 4.39. The minimum atomic E-state index is -4.37. The van der Waals surface area contributed by atoms with Crippen molar-refractivity contribution in [3.05, 3.63) is 59.7 Å². The number of hydrogen-bond acceptors (Lipinski definition) is 8. The predicted molar refractivity (Wildman–Crippen MR) is 120 cm³/mol. The van der Waals surface area contributed by atoms with E-state index in [0.717, 1.165) is 61.2 Å². The summed E-state index contributed by atoms with van der Waals surface area (Å²) in [7, 11) is -5.07. The van der Waals surface area contributed by atoms with Gasteiger partial charge in [0.2, 0.25) is 0 Å². The molecule has 6 nitrogen and oxygen atoms in total. The van der Waals surface area contributed by atoms with E-state index in [1.165, 1.54) is 24.3 Å². The van der Waals surface area contributed by atoms with Gasteiger partial charge >= 0.3 is 59.1 Å². The molecule has 2 aromatic carbocycles. The van der Waals surface area contributed by atoms with Gasteiger partial charge in [0.05, 0.1) is 9.79 Å². The zero-order valence-electron chi connectivity index (χ0n) is 18.4. The fourth-order valence-electron chi connectivity index (χ4n) is 2.74. The molecule has 0 N–H and O–H groups in total. The van der Waals surface area contributed by atoms with Crippen LogP contribution in [0.15, 0.2) is 58.3 Å². The standard InChI is InChI=1S/C20H26O6S4.2Na/c21-29(22,23)19-11-7-17(8-12-19)5-1-3-15-27-28-16-4-2-6-18-9-13-20(14-10-18)30(24,25)26;;/h7-14H,1-6,15-16H2,(H,21,22,23)(H,24,25,26);;/q;2*+1/p-2. The molecule has 0 aliphatic carbocycles. The Morgan fingerprint density at radius 3 is 1.16 bits per heavy atom. The molecular formula is C20H24Na2O6S4. The average Bonchev–Trinajstić information content (AvgIpc) is 2.69. The first-order chi connectivity index (χ1) is 14.2. The zero-order valence-corrected chi connectivity index (χ0v) is 25.6. The number of benzene rings is 2. The normalized spacial score (nSPS) is 11.4. The third-order valence-corrected chi connectivity index (χ3v) is 8.67. The molecule has 32 heavy (non-hydrogen) atoms. The molecule has 0 bridgehead atoms. The van der Waals surface area contributed by atoms with Crippen LogP contribution in [0.1, 0.15) is 36.8 Å². The van der Waals surface area contributed by atoms with Gasteiger partial charge in [0.25, 0.3) is 0 Å². The molecule has 2 aromatic rings. The molecule has 2 rings (SSSR count). The maximum atomic E-state index is 10.9. The first kappa shape index (κ1) is 33.0. The largest absolute Gasteiger partial charge is 1.00 e. The SMILES string of the molecule is O=S(=O)([O-])c1ccc(CCCCSSCCCCc2ccc(S(=O)(=O)[O-])cc2)cc1.[Na+].[Na+]. The molecule has 0 amide bonds. The van der Waals surface area contributed by atoms with Crippen LogP contribution < -0.4 is 59.1 Å². The minimum absolute atomic E-state index is 0. The Morgan fingerprint density at radius 2 is 0.875 bits per heavy atom. The van der Waals surface area contributed by atoms with E-state index in [-0.39, 0.29) is 68.9 Å². The topological polar surface area (TPSA) is 114 Å². The molecule has 0 radical (unpaired) electrons. The molecule has 0 unspecified atom stereocenters. The van der Waals surface area contributed by atoms with Crippen LogP contribution in [-0.2, 0) is 33.1 Å². The third kappa shape index (κ3) is 13.2. The van der Waals surface area contributed by atoms with E-state index in [4.69, 9.17) is 0 Å². The van der Waals surface area contributed by atoms with E-state index >= 15 is 0 Å². The maximum absolute atomic E-state index is 10.9. The Balaban J connectivity index is 0.00000480. The Hall–Kier alpha value is 0.960. The van der Waals surface area contributed by atoms with Gasteiger partial charge in [0.15, 0.2) is 0 Å². The van der Waals surface area contributed by atoms with E-state index in [0.29, 0.717) is 0 Å². The van der Waals surface area contributed by atoms with Crippen molar-refractivity contribution in [1.29, 1.82) is 0 Å². The number of hydrogen-bond donors (Lipinski definition) is 0. The predicted octanol–water partition coefficient (Wildman–Crippen LogP) is -1.77. The van der Waals surface area contributed by atoms with Crippen LogP contribution in [0.25, 0.3) is 0 Å². The summed E-state index contributed by atoms with van der Waals surface area (Å²) in [5, 5.41) is 0. The van der Waals surface area contributed by atoms with Gasteiger partial charge in [0.1, 0.15) is 20.2 Å². The Labute approximate surface area is 243 Å². The summed E-state index contributed by atoms with van der Waals surface area (Å²) in [5.74, 6) is 2.09. The Kier molecular flexibility index (Phi) is 17.1. The fraction of sp³-hybridized carbons (Fsp3) is 0.400. The molecule has 12 heteroatoms. The van der Waals surface area contributed by atoms with Crippen LogP contribution >= 0.6 is 21.6 Å². The Morgan fingerprint density at radius 1 is 0.562 bits per heavy atom. The second kappa shape index (κ2) is 16.6. The molecular weight excluding hydrogens is 510 g/mol. The summed E-state index contributed by atoms with van der Waals surface area (Å²) in [6.07, 6.45) is 5.86. The molecule has 0 heterocycles. The molecule has 0 saturated carbocycles. The summed E-state index contributed by atoms with van der Waals surface area (Å²) >= 11 is 0. The van der Waals surface area contributed by atoms with E-state index in [9.17, 15) is 25.9 Å². The fourth-order valence-corrected chi connectivity index (χ4v) is 5.98. The molecule has 0 aromatic heterocycles. The zero-order chi connectivity index (χ0) is 22.0. The Bertz CT molecular complexity index is 912. The van der Waals surface area contributed by atoms with E-state index in [1.807, 2.05) is 21.6 Å². The monoisotopic (exact) mass is 534 g/mol. The van der Waals surface area contributed by atoms with Crippen molar-refractivity contribution in [3.8, 4) is 0 Å². The van der Waals surface area contributed by atoms with Gasteiger partial charge in [-0.3, -0.25) is 0 Å².